The van der Waals surface area contributed by atoms with E-state index in [2.05, 4.69) is 10.1 Å². The van der Waals surface area contributed by atoms with Crippen molar-refractivity contribution in [1.82, 2.24) is 9.78 Å². The predicted molar refractivity (Wildman–Crippen MR) is 70.3 cm³/mol. The van der Waals surface area contributed by atoms with Gasteiger partial charge in [0, 0.05) is 5.57 Å². The number of rotatable bonds is 3. The SMILES string of the molecule is CC1=C(O)C(=Nc2cnn(CCO)c2N)C=CC1=O. The first kappa shape index (κ1) is 13.0. The topological polar surface area (TPSA) is 114 Å². The molecule has 0 spiro atoms. The Kier molecular flexibility index (Phi) is 3.48. The molecule has 7 heteroatoms. The molecule has 4 N–H and O–H groups in total. The maximum Gasteiger partial charge on any atom is 0.185 e. The number of hydrogen-bond donors (Lipinski definition) is 3. The highest BCUT2D eigenvalue weighted by atomic mass is 16.3. The van der Waals surface area contributed by atoms with Gasteiger partial charge in [-0.05, 0) is 19.1 Å². The van der Waals surface area contributed by atoms with Gasteiger partial charge < -0.3 is 15.9 Å². The van der Waals surface area contributed by atoms with Crippen LogP contribution in [0.15, 0.2) is 34.7 Å². The molecule has 1 aromatic rings. The van der Waals surface area contributed by atoms with Crippen LogP contribution in [0.4, 0.5) is 11.5 Å². The van der Waals surface area contributed by atoms with E-state index in [0.717, 1.165) is 0 Å². The van der Waals surface area contributed by atoms with Crippen molar-refractivity contribution in [2.45, 2.75) is 13.5 Å². The zero-order chi connectivity index (χ0) is 14.0. The fraction of sp³-hybridized carbons (Fsp3) is 0.250. The zero-order valence-corrected chi connectivity index (χ0v) is 10.4. The van der Waals surface area contributed by atoms with Crippen LogP contribution in [0.2, 0.25) is 0 Å². The van der Waals surface area contributed by atoms with Crippen molar-refractivity contribution in [1.29, 1.82) is 0 Å². The fourth-order valence-corrected chi connectivity index (χ4v) is 1.63. The number of aromatic nitrogens is 2. The van der Waals surface area contributed by atoms with Crippen LogP contribution >= 0.6 is 0 Å². The lowest BCUT2D eigenvalue weighted by Crippen LogP contribution is -2.12. The summed E-state index contributed by atoms with van der Waals surface area (Å²) in [5, 5.41) is 22.6. The number of nitrogens with zero attached hydrogens (tertiary/aromatic N) is 3. The molecule has 1 aliphatic rings. The number of carbonyl (C=O) groups is 1. The number of hydrogen-bond acceptors (Lipinski definition) is 6. The van der Waals surface area contributed by atoms with Gasteiger partial charge in [-0.3, -0.25) is 4.79 Å². The van der Waals surface area contributed by atoms with E-state index in [-0.39, 0.29) is 41.8 Å². The normalized spacial score (nSPS) is 17.6. The Hall–Kier alpha value is -2.41. The summed E-state index contributed by atoms with van der Waals surface area (Å²) in [6.45, 7) is 1.71. The van der Waals surface area contributed by atoms with Gasteiger partial charge in [-0.2, -0.15) is 5.10 Å². The smallest absolute Gasteiger partial charge is 0.185 e. The molecule has 0 saturated carbocycles. The summed E-state index contributed by atoms with van der Waals surface area (Å²) >= 11 is 0. The summed E-state index contributed by atoms with van der Waals surface area (Å²) < 4.78 is 1.41. The third-order valence-corrected chi connectivity index (χ3v) is 2.77. The van der Waals surface area contributed by atoms with E-state index in [0.29, 0.717) is 5.69 Å². The fourth-order valence-electron chi connectivity index (χ4n) is 1.63. The lowest BCUT2D eigenvalue weighted by molar-refractivity contribution is -0.111. The highest BCUT2D eigenvalue weighted by Crippen LogP contribution is 2.23. The Morgan fingerprint density at radius 2 is 2.21 bits per heavy atom. The second-order valence-electron chi connectivity index (χ2n) is 4.03. The average Bonchev–Trinajstić information content (AvgIpc) is 2.73. The van der Waals surface area contributed by atoms with Crippen molar-refractivity contribution >= 4 is 23.0 Å². The van der Waals surface area contributed by atoms with E-state index < -0.39 is 0 Å². The van der Waals surface area contributed by atoms with Gasteiger partial charge >= 0.3 is 0 Å². The van der Waals surface area contributed by atoms with Crippen molar-refractivity contribution in [2.75, 3.05) is 12.3 Å². The third-order valence-electron chi connectivity index (χ3n) is 2.77. The molecule has 7 nitrogen and oxygen atoms in total. The molecule has 0 unspecified atom stereocenters. The number of anilines is 1. The van der Waals surface area contributed by atoms with Gasteiger partial charge in [0.25, 0.3) is 0 Å². The van der Waals surface area contributed by atoms with Crippen LogP contribution in [-0.4, -0.2) is 38.1 Å². The molecule has 1 aliphatic carbocycles. The zero-order valence-electron chi connectivity index (χ0n) is 10.4. The van der Waals surface area contributed by atoms with Crippen molar-refractivity contribution < 1.29 is 15.0 Å². The number of allylic oxidation sites excluding steroid dienone is 3. The molecule has 100 valence electrons. The van der Waals surface area contributed by atoms with Gasteiger partial charge in [-0.1, -0.05) is 0 Å². The summed E-state index contributed by atoms with van der Waals surface area (Å²) in [4.78, 5) is 15.5. The molecule has 2 rings (SSSR count). The molecule has 19 heavy (non-hydrogen) atoms. The van der Waals surface area contributed by atoms with E-state index in [1.54, 1.807) is 0 Å². The minimum atomic E-state index is -0.250. The van der Waals surface area contributed by atoms with Gasteiger partial charge in [0.1, 0.15) is 23.0 Å². The minimum absolute atomic E-state index is 0.0828. The number of carbonyl (C=O) groups excluding carboxylic acids is 1. The van der Waals surface area contributed by atoms with E-state index in [1.807, 2.05) is 0 Å². The maximum absolute atomic E-state index is 11.3. The van der Waals surface area contributed by atoms with Gasteiger partial charge in [0.15, 0.2) is 5.78 Å². The van der Waals surface area contributed by atoms with Crippen LogP contribution < -0.4 is 5.73 Å². The summed E-state index contributed by atoms with van der Waals surface area (Å²) in [6.07, 6.45) is 4.20. The number of aliphatic imine (C=N–C) groups is 1. The molecule has 0 saturated heterocycles. The Bertz CT molecular complexity index is 610. The number of nitrogen functional groups attached to an aromatic ring is 1. The quantitative estimate of drug-likeness (QED) is 0.686. The number of aliphatic hydroxyl groups excluding tert-OH is 2. The highest BCUT2D eigenvalue weighted by Gasteiger charge is 2.17. The Morgan fingerprint density at radius 3 is 2.89 bits per heavy atom. The van der Waals surface area contributed by atoms with Crippen LogP contribution in [0.5, 0.6) is 0 Å². The molecule has 0 aromatic carbocycles. The largest absolute Gasteiger partial charge is 0.505 e. The lowest BCUT2D eigenvalue weighted by Gasteiger charge is -2.08. The van der Waals surface area contributed by atoms with Crippen LogP contribution in [-0.2, 0) is 11.3 Å². The van der Waals surface area contributed by atoms with E-state index in [1.165, 1.54) is 30.0 Å². The summed E-state index contributed by atoms with van der Waals surface area (Å²) in [7, 11) is 0. The number of aliphatic hydroxyl groups is 2. The highest BCUT2D eigenvalue weighted by molar-refractivity contribution is 6.21. The van der Waals surface area contributed by atoms with Crippen LogP contribution in [0.25, 0.3) is 0 Å². The first-order chi connectivity index (χ1) is 9.04. The first-order valence-corrected chi connectivity index (χ1v) is 5.68. The van der Waals surface area contributed by atoms with E-state index in [9.17, 15) is 9.90 Å². The third kappa shape index (κ3) is 2.41. The lowest BCUT2D eigenvalue weighted by atomic mass is 10.0. The van der Waals surface area contributed by atoms with Crippen molar-refractivity contribution in [2.24, 2.45) is 4.99 Å². The maximum atomic E-state index is 11.3. The standard InChI is InChI=1S/C12H14N4O3/c1-7-10(18)3-2-8(11(7)19)15-9-6-14-16(4-5-17)12(9)13/h2-3,6,17,19H,4-5,13H2,1H3. The monoisotopic (exact) mass is 262 g/mol. The molecule has 0 aliphatic heterocycles. The molecule has 0 amide bonds. The minimum Gasteiger partial charge on any atom is -0.505 e. The molecule has 1 aromatic heterocycles. The molecule has 0 fully saturated rings. The first-order valence-electron chi connectivity index (χ1n) is 5.68. The van der Waals surface area contributed by atoms with Gasteiger partial charge in [-0.15, -0.1) is 0 Å². The average molecular weight is 262 g/mol. The van der Waals surface area contributed by atoms with Gasteiger partial charge in [0.2, 0.25) is 0 Å². The van der Waals surface area contributed by atoms with Crippen LogP contribution in [0.3, 0.4) is 0 Å². The summed E-state index contributed by atoms with van der Waals surface area (Å²) in [6, 6.07) is 0. The van der Waals surface area contributed by atoms with E-state index in [4.69, 9.17) is 10.8 Å². The Morgan fingerprint density at radius 1 is 1.47 bits per heavy atom. The predicted octanol–water partition coefficient (Wildman–Crippen LogP) is 0.501. The molecule has 1 heterocycles. The molecular formula is C12H14N4O3. The van der Waals surface area contributed by atoms with Crippen LogP contribution in [0, 0.1) is 0 Å². The van der Waals surface area contributed by atoms with Crippen molar-refractivity contribution in [3.8, 4) is 0 Å². The Labute approximate surface area is 109 Å². The van der Waals surface area contributed by atoms with Crippen molar-refractivity contribution in [3.63, 3.8) is 0 Å². The summed E-state index contributed by atoms with van der Waals surface area (Å²) in [5.41, 5.74) is 6.68. The van der Waals surface area contributed by atoms with Gasteiger partial charge in [-0.25, -0.2) is 9.67 Å². The van der Waals surface area contributed by atoms with Crippen LogP contribution in [0.1, 0.15) is 6.92 Å². The molecule has 0 radical (unpaired) electrons. The molecule has 0 atom stereocenters. The Balaban J connectivity index is 2.37. The van der Waals surface area contributed by atoms with E-state index >= 15 is 0 Å². The number of nitrogens with two attached hydrogens (primary N) is 1. The second kappa shape index (κ2) is 5.07. The summed E-state index contributed by atoms with van der Waals surface area (Å²) in [5.74, 6) is -0.125. The number of ketones is 1. The van der Waals surface area contributed by atoms with Gasteiger partial charge in [0.05, 0.1) is 19.3 Å². The molecular weight excluding hydrogens is 248 g/mol. The van der Waals surface area contributed by atoms with Crippen molar-refractivity contribution in [3.05, 3.63) is 29.7 Å². The second-order valence-corrected chi connectivity index (χ2v) is 4.03. The molecule has 0 bridgehead atoms.